The average Bonchev–Trinajstić information content (AvgIpc) is 2.23. The molecular weight excluding hydrogens is 246 g/mol. The summed E-state index contributed by atoms with van der Waals surface area (Å²) < 4.78 is 4.58. The zero-order valence-corrected chi connectivity index (χ0v) is 9.91. The number of hydrogen-bond donors (Lipinski definition) is 1. The maximum absolute atomic E-state index is 11.3. The van der Waals surface area contributed by atoms with Crippen LogP contribution in [0.25, 0.3) is 0 Å². The van der Waals surface area contributed by atoms with Crippen LogP contribution in [0.2, 0.25) is 5.02 Å². The number of ether oxygens (including phenoxy) is 1. The molecule has 0 heterocycles. The van der Waals surface area contributed by atoms with Crippen molar-refractivity contribution in [1.82, 2.24) is 0 Å². The van der Waals surface area contributed by atoms with E-state index in [0.29, 0.717) is 10.7 Å². The van der Waals surface area contributed by atoms with Crippen LogP contribution in [0, 0.1) is 6.92 Å². The largest absolute Gasteiger partial charge is 0.548 e. The molecule has 1 amide bonds. The van der Waals surface area contributed by atoms with E-state index >= 15 is 0 Å². The molecule has 0 radical (unpaired) electrons. The maximum Gasteiger partial charge on any atom is 0.250 e. The van der Waals surface area contributed by atoms with E-state index in [1.165, 1.54) is 0 Å². The van der Waals surface area contributed by atoms with Crippen LogP contribution >= 0.6 is 11.6 Å². The van der Waals surface area contributed by atoms with Gasteiger partial charge in [-0.15, -0.1) is 0 Å². The van der Waals surface area contributed by atoms with Gasteiger partial charge < -0.3 is 20.0 Å². The van der Waals surface area contributed by atoms with E-state index in [4.69, 9.17) is 11.6 Å². The fourth-order valence-corrected chi connectivity index (χ4v) is 1.28. The van der Waals surface area contributed by atoms with Gasteiger partial charge in [-0.2, -0.15) is 0 Å². The van der Waals surface area contributed by atoms with E-state index in [1.807, 2.05) is 6.92 Å². The Morgan fingerprint density at radius 3 is 2.71 bits per heavy atom. The number of rotatable bonds is 5. The lowest BCUT2D eigenvalue weighted by molar-refractivity contribution is -0.309. The van der Waals surface area contributed by atoms with Crippen molar-refractivity contribution in [3.63, 3.8) is 0 Å². The van der Waals surface area contributed by atoms with Crippen molar-refractivity contribution in [1.29, 1.82) is 0 Å². The van der Waals surface area contributed by atoms with Gasteiger partial charge in [-0.25, -0.2) is 0 Å². The van der Waals surface area contributed by atoms with Gasteiger partial charge in [-0.05, 0) is 24.6 Å². The highest BCUT2D eigenvalue weighted by atomic mass is 35.5. The molecule has 5 nitrogen and oxygen atoms in total. The Morgan fingerprint density at radius 1 is 1.41 bits per heavy atom. The monoisotopic (exact) mass is 256 g/mol. The summed E-state index contributed by atoms with van der Waals surface area (Å²) in [6, 6.07) is 5.06. The number of carbonyl (C=O) groups is 2. The number of carboxylic acids is 1. The third kappa shape index (κ3) is 4.84. The molecule has 0 aliphatic carbocycles. The minimum atomic E-state index is -1.36. The first-order valence-corrected chi connectivity index (χ1v) is 5.20. The van der Waals surface area contributed by atoms with Crippen LogP contribution in [-0.2, 0) is 14.3 Å². The zero-order valence-electron chi connectivity index (χ0n) is 9.16. The normalized spacial score (nSPS) is 10.0. The van der Waals surface area contributed by atoms with Crippen LogP contribution in [0.4, 0.5) is 5.69 Å². The van der Waals surface area contributed by atoms with Gasteiger partial charge in [-0.3, -0.25) is 4.79 Å². The topological polar surface area (TPSA) is 78.5 Å². The van der Waals surface area contributed by atoms with E-state index in [9.17, 15) is 14.7 Å². The molecule has 0 aliphatic rings. The molecule has 0 atom stereocenters. The first kappa shape index (κ1) is 13.5. The molecule has 0 saturated heterocycles. The number of aliphatic carboxylic acids is 1. The summed E-state index contributed by atoms with van der Waals surface area (Å²) in [5.74, 6) is -1.82. The van der Waals surface area contributed by atoms with Crippen LogP contribution in [-0.4, -0.2) is 25.1 Å². The van der Waals surface area contributed by atoms with Crippen LogP contribution in [0.5, 0.6) is 0 Å². The number of benzene rings is 1. The molecule has 1 N–H and O–H groups in total. The van der Waals surface area contributed by atoms with Crippen molar-refractivity contribution in [2.45, 2.75) is 6.92 Å². The van der Waals surface area contributed by atoms with E-state index in [-0.39, 0.29) is 6.61 Å². The Hall–Kier alpha value is -1.59. The molecule has 6 heteroatoms. The summed E-state index contributed by atoms with van der Waals surface area (Å²) in [4.78, 5) is 21.3. The van der Waals surface area contributed by atoms with Crippen molar-refractivity contribution in [3.05, 3.63) is 28.8 Å². The van der Waals surface area contributed by atoms with Crippen LogP contribution < -0.4 is 10.4 Å². The lowest BCUT2D eigenvalue weighted by Gasteiger charge is -2.07. The Balaban J connectivity index is 2.45. The molecule has 0 fully saturated rings. The maximum atomic E-state index is 11.3. The van der Waals surface area contributed by atoms with Gasteiger partial charge >= 0.3 is 0 Å². The van der Waals surface area contributed by atoms with Crippen LogP contribution in [0.15, 0.2) is 18.2 Å². The Morgan fingerprint density at radius 2 is 2.12 bits per heavy atom. The molecule has 0 aliphatic heterocycles. The second kappa shape index (κ2) is 6.22. The van der Waals surface area contributed by atoms with Gasteiger partial charge in [0.05, 0.1) is 12.6 Å². The van der Waals surface area contributed by atoms with Gasteiger partial charge in [-0.1, -0.05) is 17.7 Å². The second-order valence-electron chi connectivity index (χ2n) is 3.38. The van der Waals surface area contributed by atoms with Gasteiger partial charge in [0, 0.05) is 10.7 Å². The third-order valence-corrected chi connectivity index (χ3v) is 2.32. The van der Waals surface area contributed by atoms with Crippen molar-refractivity contribution in [3.8, 4) is 0 Å². The highest BCUT2D eigenvalue weighted by Crippen LogP contribution is 2.19. The number of halogens is 1. The van der Waals surface area contributed by atoms with E-state index < -0.39 is 18.5 Å². The highest BCUT2D eigenvalue weighted by molar-refractivity contribution is 6.31. The smallest absolute Gasteiger partial charge is 0.250 e. The van der Waals surface area contributed by atoms with Gasteiger partial charge in [0.25, 0.3) is 0 Å². The fourth-order valence-electron chi connectivity index (χ4n) is 1.09. The zero-order chi connectivity index (χ0) is 12.8. The van der Waals surface area contributed by atoms with E-state index in [1.54, 1.807) is 18.2 Å². The summed E-state index contributed by atoms with van der Waals surface area (Å²) in [7, 11) is 0. The standard InChI is InChI=1S/C11H12ClNO4/c1-7-2-3-8(4-9(7)12)13-10(14)5-17-6-11(15)16/h2-4H,5-6H2,1H3,(H,13,14)(H,15,16)/p-1. The van der Waals surface area contributed by atoms with Crippen LogP contribution in [0.1, 0.15) is 5.56 Å². The molecule has 0 aromatic heterocycles. The summed E-state index contributed by atoms with van der Waals surface area (Å²) >= 11 is 5.87. The van der Waals surface area contributed by atoms with Gasteiger partial charge in [0.15, 0.2) is 0 Å². The summed E-state index contributed by atoms with van der Waals surface area (Å²) in [6.07, 6.45) is 0. The summed E-state index contributed by atoms with van der Waals surface area (Å²) in [5.41, 5.74) is 1.43. The quantitative estimate of drug-likeness (QED) is 0.825. The molecule has 1 aromatic rings. The highest BCUT2D eigenvalue weighted by Gasteiger charge is 2.04. The van der Waals surface area contributed by atoms with Crippen molar-refractivity contribution in [2.24, 2.45) is 0 Å². The molecule has 1 rings (SSSR count). The summed E-state index contributed by atoms with van der Waals surface area (Å²) in [6.45, 7) is 0.887. The molecule has 0 unspecified atom stereocenters. The van der Waals surface area contributed by atoms with Crippen LogP contribution in [0.3, 0.4) is 0 Å². The number of anilines is 1. The first-order valence-electron chi connectivity index (χ1n) is 4.82. The number of carboxylic acid groups (broad SMARTS) is 1. The molecule has 17 heavy (non-hydrogen) atoms. The number of carbonyl (C=O) groups excluding carboxylic acids is 2. The van der Waals surface area contributed by atoms with Crippen molar-refractivity contribution < 1.29 is 19.4 Å². The van der Waals surface area contributed by atoms with Crippen molar-refractivity contribution in [2.75, 3.05) is 18.5 Å². The molecular formula is C11H11ClNO4-. The van der Waals surface area contributed by atoms with Crippen molar-refractivity contribution >= 4 is 29.2 Å². The predicted molar refractivity (Wildman–Crippen MR) is 60.6 cm³/mol. The predicted octanol–water partition coefficient (Wildman–Crippen LogP) is 0.353. The summed E-state index contributed by atoms with van der Waals surface area (Å²) in [5, 5.41) is 13.1. The van der Waals surface area contributed by atoms with E-state index in [0.717, 1.165) is 5.56 Å². The second-order valence-corrected chi connectivity index (χ2v) is 3.78. The minimum absolute atomic E-state index is 0.348. The molecule has 92 valence electrons. The number of aryl methyl sites for hydroxylation is 1. The Labute approximate surface area is 103 Å². The van der Waals surface area contributed by atoms with Gasteiger partial charge in [0.2, 0.25) is 5.91 Å². The Kier molecular flexibility index (Phi) is 4.93. The van der Waals surface area contributed by atoms with E-state index in [2.05, 4.69) is 10.1 Å². The third-order valence-electron chi connectivity index (χ3n) is 1.91. The SMILES string of the molecule is Cc1ccc(NC(=O)COCC(=O)[O-])cc1Cl. The molecule has 0 spiro atoms. The number of amides is 1. The molecule has 1 aromatic carbocycles. The van der Waals surface area contributed by atoms with Gasteiger partial charge in [0.1, 0.15) is 6.61 Å². The number of hydrogen-bond acceptors (Lipinski definition) is 4. The lowest BCUT2D eigenvalue weighted by atomic mass is 10.2. The molecule has 0 bridgehead atoms. The minimum Gasteiger partial charge on any atom is -0.548 e. The molecule has 0 saturated carbocycles. The Bertz CT molecular complexity index is 433. The first-order chi connectivity index (χ1) is 7.99. The lowest BCUT2D eigenvalue weighted by Crippen LogP contribution is -2.29. The fraction of sp³-hybridized carbons (Fsp3) is 0.273. The average molecular weight is 257 g/mol. The number of nitrogens with one attached hydrogen (secondary N) is 1.